The maximum Gasteiger partial charge on any atom is 0.185 e. The van der Waals surface area contributed by atoms with E-state index in [1.165, 1.54) is 25.3 Å². The molecular formula is C20H22O5. The van der Waals surface area contributed by atoms with E-state index < -0.39 is 0 Å². The molecule has 0 aromatic heterocycles. The Morgan fingerprint density at radius 3 is 2.44 bits per heavy atom. The number of hydrogen-bond donors (Lipinski definition) is 1. The van der Waals surface area contributed by atoms with Gasteiger partial charge in [0.2, 0.25) is 0 Å². The first-order valence-corrected chi connectivity index (χ1v) is 7.89. The van der Waals surface area contributed by atoms with Gasteiger partial charge in [-0.15, -0.1) is 0 Å². The molecule has 1 N–H and O–H groups in total. The van der Waals surface area contributed by atoms with Gasteiger partial charge >= 0.3 is 0 Å². The monoisotopic (exact) mass is 342 g/mol. The van der Waals surface area contributed by atoms with Crippen molar-refractivity contribution in [3.05, 3.63) is 53.6 Å². The molecule has 25 heavy (non-hydrogen) atoms. The number of carbonyl (C=O) groups is 1. The fraction of sp³-hybridized carbons (Fsp3) is 0.250. The minimum absolute atomic E-state index is 0.0107. The zero-order valence-electron chi connectivity index (χ0n) is 14.8. The van der Waals surface area contributed by atoms with Gasteiger partial charge in [-0.25, -0.2) is 0 Å². The number of ether oxygens (including phenoxy) is 3. The number of phenols is 1. The van der Waals surface area contributed by atoms with Crippen molar-refractivity contribution in [1.82, 2.24) is 0 Å². The van der Waals surface area contributed by atoms with E-state index in [2.05, 4.69) is 0 Å². The normalized spacial score (nSPS) is 10.9. The van der Waals surface area contributed by atoms with Crippen LogP contribution in [0.1, 0.15) is 29.8 Å². The molecule has 0 aliphatic rings. The SMILES string of the molecule is COc1cc(C(=O)/C=C/c2cccc(OC)c2OC(C)C)ccc1O. The highest BCUT2D eigenvalue weighted by Gasteiger charge is 2.12. The van der Waals surface area contributed by atoms with E-state index in [-0.39, 0.29) is 23.4 Å². The van der Waals surface area contributed by atoms with Crippen LogP contribution in [0.15, 0.2) is 42.5 Å². The van der Waals surface area contributed by atoms with Gasteiger partial charge in [-0.3, -0.25) is 4.79 Å². The van der Waals surface area contributed by atoms with Crippen molar-refractivity contribution in [2.45, 2.75) is 20.0 Å². The molecule has 0 radical (unpaired) electrons. The molecule has 0 bridgehead atoms. The third-order valence-electron chi connectivity index (χ3n) is 3.46. The molecule has 0 saturated heterocycles. The van der Waals surface area contributed by atoms with Crippen molar-refractivity contribution in [3.8, 4) is 23.0 Å². The van der Waals surface area contributed by atoms with E-state index in [1.807, 2.05) is 32.0 Å². The fourth-order valence-corrected chi connectivity index (χ4v) is 2.28. The highest BCUT2D eigenvalue weighted by Crippen LogP contribution is 2.33. The summed E-state index contributed by atoms with van der Waals surface area (Å²) in [5, 5.41) is 9.62. The molecule has 5 heteroatoms. The Hall–Kier alpha value is -2.95. The van der Waals surface area contributed by atoms with Gasteiger partial charge in [-0.05, 0) is 50.3 Å². The Bertz CT molecular complexity index is 778. The van der Waals surface area contributed by atoms with Crippen molar-refractivity contribution >= 4 is 11.9 Å². The molecular weight excluding hydrogens is 320 g/mol. The third kappa shape index (κ3) is 4.53. The van der Waals surface area contributed by atoms with Crippen LogP contribution >= 0.6 is 0 Å². The maximum absolute atomic E-state index is 12.4. The van der Waals surface area contributed by atoms with Gasteiger partial charge in [0, 0.05) is 11.1 Å². The van der Waals surface area contributed by atoms with Gasteiger partial charge in [0.15, 0.2) is 28.8 Å². The van der Waals surface area contributed by atoms with Crippen LogP contribution in [0.25, 0.3) is 6.08 Å². The Labute approximate surface area is 147 Å². The highest BCUT2D eigenvalue weighted by molar-refractivity contribution is 6.07. The number of benzene rings is 2. The molecule has 2 rings (SSSR count). The zero-order chi connectivity index (χ0) is 18.4. The predicted molar refractivity (Wildman–Crippen MR) is 96.8 cm³/mol. The van der Waals surface area contributed by atoms with Gasteiger partial charge in [0.05, 0.1) is 20.3 Å². The number of rotatable bonds is 7. The number of ketones is 1. The summed E-state index contributed by atoms with van der Waals surface area (Å²) >= 11 is 0. The quantitative estimate of drug-likeness (QED) is 0.606. The second kappa shape index (κ2) is 8.24. The second-order valence-corrected chi connectivity index (χ2v) is 5.63. The molecule has 2 aromatic carbocycles. The molecule has 0 heterocycles. The number of aromatic hydroxyl groups is 1. The van der Waals surface area contributed by atoms with Crippen LogP contribution < -0.4 is 14.2 Å². The summed E-state index contributed by atoms with van der Waals surface area (Å²) in [6.07, 6.45) is 3.11. The van der Waals surface area contributed by atoms with Crippen LogP contribution in [-0.2, 0) is 0 Å². The topological polar surface area (TPSA) is 65.0 Å². The lowest BCUT2D eigenvalue weighted by atomic mass is 10.1. The number of methoxy groups -OCH3 is 2. The van der Waals surface area contributed by atoms with Crippen LogP contribution in [-0.4, -0.2) is 31.2 Å². The van der Waals surface area contributed by atoms with E-state index in [0.29, 0.717) is 17.1 Å². The largest absolute Gasteiger partial charge is 0.504 e. The number of allylic oxidation sites excluding steroid dienone is 1. The van der Waals surface area contributed by atoms with Crippen molar-refractivity contribution < 1.29 is 24.1 Å². The molecule has 0 unspecified atom stereocenters. The van der Waals surface area contributed by atoms with Crippen molar-refractivity contribution in [2.75, 3.05) is 14.2 Å². The maximum atomic E-state index is 12.4. The van der Waals surface area contributed by atoms with E-state index in [9.17, 15) is 9.90 Å². The molecule has 0 aliphatic carbocycles. The Balaban J connectivity index is 2.31. The minimum Gasteiger partial charge on any atom is -0.504 e. The van der Waals surface area contributed by atoms with Crippen LogP contribution in [0.4, 0.5) is 0 Å². The average molecular weight is 342 g/mol. The predicted octanol–water partition coefficient (Wildman–Crippen LogP) is 4.09. The van der Waals surface area contributed by atoms with Crippen molar-refractivity contribution in [2.24, 2.45) is 0 Å². The molecule has 0 saturated carbocycles. The number of hydrogen-bond acceptors (Lipinski definition) is 5. The van der Waals surface area contributed by atoms with E-state index in [0.717, 1.165) is 5.56 Å². The molecule has 5 nitrogen and oxygen atoms in total. The second-order valence-electron chi connectivity index (χ2n) is 5.63. The lowest BCUT2D eigenvalue weighted by Crippen LogP contribution is -2.08. The van der Waals surface area contributed by atoms with E-state index in [4.69, 9.17) is 14.2 Å². The minimum atomic E-state index is -0.211. The summed E-state index contributed by atoms with van der Waals surface area (Å²) in [7, 11) is 3.01. The molecule has 0 aliphatic heterocycles. The molecule has 132 valence electrons. The van der Waals surface area contributed by atoms with Gasteiger partial charge in [-0.1, -0.05) is 12.1 Å². The molecule has 0 amide bonds. The molecule has 2 aromatic rings. The van der Waals surface area contributed by atoms with Gasteiger partial charge in [0.1, 0.15) is 0 Å². The summed E-state index contributed by atoms with van der Waals surface area (Å²) < 4.78 is 16.2. The third-order valence-corrected chi connectivity index (χ3v) is 3.46. The molecule has 0 atom stereocenters. The van der Waals surface area contributed by atoms with E-state index >= 15 is 0 Å². The number of para-hydroxylation sites is 1. The summed E-state index contributed by atoms with van der Waals surface area (Å²) in [4.78, 5) is 12.4. The zero-order valence-corrected chi connectivity index (χ0v) is 14.8. The first-order valence-electron chi connectivity index (χ1n) is 7.89. The van der Waals surface area contributed by atoms with Gasteiger partial charge in [-0.2, -0.15) is 0 Å². The Morgan fingerprint density at radius 2 is 1.80 bits per heavy atom. The first kappa shape index (κ1) is 18.4. The fourth-order valence-electron chi connectivity index (χ4n) is 2.28. The lowest BCUT2D eigenvalue weighted by molar-refractivity contribution is 0.104. The van der Waals surface area contributed by atoms with Crippen molar-refractivity contribution in [3.63, 3.8) is 0 Å². The van der Waals surface area contributed by atoms with E-state index in [1.54, 1.807) is 19.3 Å². The Morgan fingerprint density at radius 1 is 1.08 bits per heavy atom. The number of phenolic OH excluding ortho intramolecular Hbond substituents is 1. The van der Waals surface area contributed by atoms with Crippen LogP contribution in [0.3, 0.4) is 0 Å². The summed E-state index contributed by atoms with van der Waals surface area (Å²) in [6, 6.07) is 9.96. The summed E-state index contributed by atoms with van der Waals surface area (Å²) in [5.41, 5.74) is 1.16. The first-order chi connectivity index (χ1) is 12.0. The number of carbonyl (C=O) groups excluding carboxylic acids is 1. The summed E-state index contributed by atoms with van der Waals surface area (Å²) in [6.45, 7) is 3.85. The van der Waals surface area contributed by atoms with Crippen LogP contribution in [0.2, 0.25) is 0 Å². The standard InChI is InChI=1S/C20H22O5/c1-13(2)25-20-14(6-5-7-18(20)23-3)8-10-16(21)15-9-11-17(22)19(12-15)24-4/h5-13,22H,1-4H3/b10-8+. The average Bonchev–Trinajstić information content (AvgIpc) is 2.60. The molecule has 0 spiro atoms. The van der Waals surface area contributed by atoms with Gasteiger partial charge in [0.25, 0.3) is 0 Å². The van der Waals surface area contributed by atoms with Crippen molar-refractivity contribution in [1.29, 1.82) is 0 Å². The summed E-state index contributed by atoms with van der Waals surface area (Å²) in [5.74, 6) is 1.23. The lowest BCUT2D eigenvalue weighted by Gasteiger charge is -2.15. The highest BCUT2D eigenvalue weighted by atomic mass is 16.5. The Kier molecular flexibility index (Phi) is 6.06. The van der Waals surface area contributed by atoms with Crippen LogP contribution in [0, 0.1) is 0 Å². The molecule has 0 fully saturated rings. The van der Waals surface area contributed by atoms with Gasteiger partial charge < -0.3 is 19.3 Å². The smallest absolute Gasteiger partial charge is 0.185 e. The van der Waals surface area contributed by atoms with Crippen LogP contribution in [0.5, 0.6) is 23.0 Å².